The molecule has 1 aliphatic heterocycles. The summed E-state index contributed by atoms with van der Waals surface area (Å²) in [6.07, 6.45) is -3.04. The van der Waals surface area contributed by atoms with Crippen LogP contribution in [0.1, 0.15) is 10.4 Å². The van der Waals surface area contributed by atoms with Gasteiger partial charge in [0, 0.05) is 6.51 Å². The normalized spacial score (nSPS) is 16.0. The molecular formula is C14H9BClF3N2O4S2. The molecule has 0 aliphatic carbocycles. The van der Waals surface area contributed by atoms with E-state index < -0.39 is 57.3 Å². The molecule has 2 radical (unpaired) electrons. The van der Waals surface area contributed by atoms with Crippen molar-refractivity contribution >= 4 is 57.3 Å². The van der Waals surface area contributed by atoms with E-state index in [-0.39, 0.29) is 15.7 Å². The zero-order valence-electron chi connectivity index (χ0n) is 13.2. The SMILES string of the molecule is [B]COc1c(Cl)ccc(F)c1C1=C(O)c2scnc2N(CC(F)F)S1(=O)=O. The minimum Gasteiger partial charge on any atom is -0.505 e. The van der Waals surface area contributed by atoms with Crippen LogP contribution in [0.15, 0.2) is 17.6 Å². The molecule has 2 heterocycles. The molecule has 2 aromatic rings. The van der Waals surface area contributed by atoms with Crippen molar-refractivity contribution in [3.8, 4) is 5.75 Å². The van der Waals surface area contributed by atoms with Crippen LogP contribution in [0.2, 0.25) is 5.02 Å². The molecule has 3 rings (SSSR count). The highest BCUT2D eigenvalue weighted by atomic mass is 35.5. The molecule has 0 saturated heterocycles. The Morgan fingerprint density at radius 3 is 2.74 bits per heavy atom. The third-order valence-electron chi connectivity index (χ3n) is 3.58. The summed E-state index contributed by atoms with van der Waals surface area (Å²) in [5.74, 6) is -2.75. The largest absolute Gasteiger partial charge is 0.505 e. The first-order valence-electron chi connectivity index (χ1n) is 7.19. The molecule has 0 saturated carbocycles. The topological polar surface area (TPSA) is 79.7 Å². The van der Waals surface area contributed by atoms with E-state index in [0.717, 1.165) is 23.5 Å². The number of hydrogen-bond donors (Lipinski definition) is 1. The summed E-state index contributed by atoms with van der Waals surface area (Å²) < 4.78 is 71.9. The Balaban J connectivity index is 2.36. The highest BCUT2D eigenvalue weighted by Gasteiger charge is 2.43. The predicted octanol–water partition coefficient (Wildman–Crippen LogP) is 3.24. The molecule has 1 aliphatic rings. The third-order valence-corrected chi connectivity index (χ3v) is 6.52. The molecule has 1 aromatic heterocycles. The number of benzene rings is 1. The Morgan fingerprint density at radius 2 is 2.11 bits per heavy atom. The number of ether oxygens (including phenoxy) is 1. The number of sulfonamides is 1. The maximum Gasteiger partial charge on any atom is 0.270 e. The lowest BCUT2D eigenvalue weighted by Gasteiger charge is -2.29. The first kappa shape index (κ1) is 19.8. The smallest absolute Gasteiger partial charge is 0.270 e. The average molecular weight is 437 g/mol. The van der Waals surface area contributed by atoms with Gasteiger partial charge in [-0.15, -0.1) is 11.3 Å². The fourth-order valence-corrected chi connectivity index (χ4v) is 5.32. The summed E-state index contributed by atoms with van der Waals surface area (Å²) in [6, 6.07) is 1.96. The van der Waals surface area contributed by atoms with Crippen LogP contribution >= 0.6 is 22.9 Å². The number of aliphatic hydroxyl groups is 1. The van der Waals surface area contributed by atoms with Crippen LogP contribution in [0, 0.1) is 5.82 Å². The van der Waals surface area contributed by atoms with Crippen molar-refractivity contribution in [1.29, 1.82) is 0 Å². The fourth-order valence-electron chi connectivity index (χ4n) is 2.56. The third kappa shape index (κ3) is 3.25. The van der Waals surface area contributed by atoms with Gasteiger partial charge < -0.3 is 9.84 Å². The number of thiazole rings is 1. The lowest BCUT2D eigenvalue weighted by atomic mass is 10.1. The minimum atomic E-state index is -4.82. The molecule has 1 N–H and O–H groups in total. The molecule has 27 heavy (non-hydrogen) atoms. The van der Waals surface area contributed by atoms with E-state index in [2.05, 4.69) is 4.98 Å². The summed E-state index contributed by atoms with van der Waals surface area (Å²) in [7, 11) is 0.467. The second-order valence-corrected chi connectivity index (χ2v) is 8.22. The minimum absolute atomic E-state index is 0.112. The van der Waals surface area contributed by atoms with Gasteiger partial charge in [0.1, 0.15) is 29.2 Å². The molecule has 0 bridgehead atoms. The van der Waals surface area contributed by atoms with Gasteiger partial charge in [-0.05, 0) is 12.1 Å². The number of anilines is 1. The van der Waals surface area contributed by atoms with E-state index >= 15 is 0 Å². The van der Waals surface area contributed by atoms with E-state index in [1.807, 2.05) is 0 Å². The van der Waals surface area contributed by atoms with Crippen LogP contribution in [-0.2, 0) is 10.0 Å². The molecule has 6 nitrogen and oxygen atoms in total. The zero-order chi connectivity index (χ0) is 19.9. The Bertz CT molecular complexity index is 1030. The Kier molecular flexibility index (Phi) is 5.32. The summed E-state index contributed by atoms with van der Waals surface area (Å²) >= 11 is 6.75. The second-order valence-electron chi connectivity index (χ2n) is 5.15. The maximum atomic E-state index is 14.6. The van der Waals surface area contributed by atoms with Crippen molar-refractivity contribution in [2.75, 3.05) is 17.4 Å². The molecule has 0 atom stereocenters. The Hall–Kier alpha value is -1.92. The number of aliphatic hydroxyl groups excluding tert-OH is 1. The van der Waals surface area contributed by atoms with Gasteiger partial charge in [0.25, 0.3) is 16.4 Å². The van der Waals surface area contributed by atoms with Gasteiger partial charge >= 0.3 is 0 Å². The summed E-state index contributed by atoms with van der Waals surface area (Å²) in [5, 5.41) is 10.3. The second kappa shape index (κ2) is 7.25. The number of rotatable bonds is 5. The van der Waals surface area contributed by atoms with Crippen LogP contribution in [0.4, 0.5) is 19.0 Å². The van der Waals surface area contributed by atoms with Gasteiger partial charge in [-0.1, -0.05) is 11.6 Å². The first-order valence-corrected chi connectivity index (χ1v) is 9.89. The average Bonchev–Trinajstić information content (AvgIpc) is 3.07. The number of fused-ring (bicyclic) bond motifs is 1. The lowest BCUT2D eigenvalue weighted by Crippen LogP contribution is -2.38. The van der Waals surface area contributed by atoms with Gasteiger partial charge in [0.15, 0.2) is 11.6 Å². The van der Waals surface area contributed by atoms with E-state index in [9.17, 15) is 26.7 Å². The summed E-state index contributed by atoms with van der Waals surface area (Å²) in [6.45, 7) is -1.71. The summed E-state index contributed by atoms with van der Waals surface area (Å²) in [4.78, 5) is 2.66. The lowest BCUT2D eigenvalue weighted by molar-refractivity contribution is 0.159. The van der Waals surface area contributed by atoms with Gasteiger partial charge in [-0.25, -0.2) is 30.9 Å². The van der Waals surface area contributed by atoms with Gasteiger partial charge in [-0.3, -0.25) is 0 Å². The maximum absolute atomic E-state index is 14.6. The number of alkyl halides is 2. The van der Waals surface area contributed by atoms with Crippen LogP contribution in [0.5, 0.6) is 5.75 Å². The highest BCUT2D eigenvalue weighted by molar-refractivity contribution is 8.02. The standard InChI is InChI=1S/C14H9BClF3N2O4S2/c15-4-25-11-6(16)1-2-7(17)9(11)13-10(22)12-14(20-5-26-12)21(3-8(18)19)27(13,23)24/h1-2,5,8,22H,3-4H2. The molecule has 1 aromatic carbocycles. The van der Waals surface area contributed by atoms with E-state index in [1.165, 1.54) is 5.51 Å². The van der Waals surface area contributed by atoms with Crippen molar-refractivity contribution in [2.24, 2.45) is 0 Å². The van der Waals surface area contributed by atoms with Crippen LogP contribution in [0.3, 0.4) is 0 Å². The summed E-state index contributed by atoms with van der Waals surface area (Å²) in [5.41, 5.74) is 0.465. The Labute approximate surface area is 162 Å². The van der Waals surface area contributed by atoms with Crippen LogP contribution in [-0.4, -0.2) is 45.8 Å². The van der Waals surface area contributed by atoms with E-state index in [4.69, 9.17) is 24.2 Å². The van der Waals surface area contributed by atoms with Crippen molar-refractivity contribution in [3.05, 3.63) is 38.9 Å². The van der Waals surface area contributed by atoms with Crippen molar-refractivity contribution in [1.82, 2.24) is 4.98 Å². The van der Waals surface area contributed by atoms with Crippen molar-refractivity contribution in [2.45, 2.75) is 6.43 Å². The number of aromatic nitrogens is 1. The van der Waals surface area contributed by atoms with E-state index in [1.54, 1.807) is 0 Å². The van der Waals surface area contributed by atoms with Crippen LogP contribution < -0.4 is 9.04 Å². The fraction of sp³-hybridized carbons (Fsp3) is 0.214. The molecule has 0 fully saturated rings. The molecule has 0 amide bonds. The molecule has 0 unspecified atom stereocenters. The molecule has 13 heteroatoms. The van der Waals surface area contributed by atoms with Crippen molar-refractivity contribution < 1.29 is 31.4 Å². The zero-order valence-corrected chi connectivity index (χ0v) is 15.6. The monoisotopic (exact) mass is 436 g/mol. The van der Waals surface area contributed by atoms with Gasteiger partial charge in [-0.2, -0.15) is 0 Å². The molecule has 0 spiro atoms. The molecular weight excluding hydrogens is 428 g/mol. The first-order chi connectivity index (χ1) is 12.7. The predicted molar refractivity (Wildman–Crippen MR) is 96.5 cm³/mol. The number of nitrogens with zero attached hydrogens (tertiary/aromatic N) is 2. The highest BCUT2D eigenvalue weighted by Crippen LogP contribution is 2.48. The Morgan fingerprint density at radius 1 is 1.41 bits per heavy atom. The van der Waals surface area contributed by atoms with Crippen LogP contribution in [0.25, 0.3) is 10.7 Å². The quantitative estimate of drug-likeness (QED) is 0.728. The number of halogens is 4. The van der Waals surface area contributed by atoms with Gasteiger partial charge in [0.05, 0.1) is 22.6 Å². The number of hydrogen-bond acceptors (Lipinski definition) is 6. The van der Waals surface area contributed by atoms with E-state index in [0.29, 0.717) is 4.31 Å². The van der Waals surface area contributed by atoms with Gasteiger partial charge in [0.2, 0.25) is 0 Å². The van der Waals surface area contributed by atoms with Crippen molar-refractivity contribution in [3.63, 3.8) is 0 Å². The molecule has 142 valence electrons.